The first-order valence-corrected chi connectivity index (χ1v) is 7.26. The molecule has 122 valence electrons. The van der Waals surface area contributed by atoms with E-state index in [-0.39, 0.29) is 12.3 Å². The molecule has 2 aromatic rings. The summed E-state index contributed by atoms with van der Waals surface area (Å²) in [5.41, 5.74) is 1.80. The van der Waals surface area contributed by atoms with Crippen LogP contribution in [0.3, 0.4) is 0 Å². The molecule has 0 fully saturated rings. The third kappa shape index (κ3) is 4.64. The van der Waals surface area contributed by atoms with E-state index in [1.54, 1.807) is 27.4 Å². The molecule has 2 aromatic carbocycles. The first-order chi connectivity index (χ1) is 11.2. The van der Waals surface area contributed by atoms with Gasteiger partial charge in [-0.05, 0) is 23.8 Å². The van der Waals surface area contributed by atoms with Gasteiger partial charge in [-0.1, -0.05) is 18.2 Å². The van der Waals surface area contributed by atoms with Gasteiger partial charge in [0.15, 0.2) is 0 Å². The summed E-state index contributed by atoms with van der Waals surface area (Å²) in [5.74, 6) is 2.04. The van der Waals surface area contributed by atoms with Crippen LogP contribution in [-0.2, 0) is 17.8 Å². The third-order valence-corrected chi connectivity index (χ3v) is 3.47. The van der Waals surface area contributed by atoms with Gasteiger partial charge in [-0.3, -0.25) is 4.79 Å². The highest BCUT2D eigenvalue weighted by molar-refractivity contribution is 5.79. The van der Waals surface area contributed by atoms with Crippen LogP contribution in [-0.4, -0.2) is 27.2 Å². The number of hydrogen-bond acceptors (Lipinski definition) is 4. The standard InChI is InChI=1S/C18H21NO4/c1-21-15-6-4-5-13(9-15)12-19-18(20)10-14-7-8-16(22-2)11-17(14)23-3/h4-9,11H,10,12H2,1-3H3,(H,19,20). The minimum atomic E-state index is -0.0729. The van der Waals surface area contributed by atoms with Crippen molar-refractivity contribution in [3.05, 3.63) is 53.6 Å². The molecule has 0 saturated carbocycles. The Balaban J connectivity index is 1.96. The number of hydrogen-bond donors (Lipinski definition) is 1. The number of benzene rings is 2. The second-order valence-corrected chi connectivity index (χ2v) is 4.98. The van der Waals surface area contributed by atoms with Crippen LogP contribution in [0.2, 0.25) is 0 Å². The minimum absolute atomic E-state index is 0.0729. The van der Waals surface area contributed by atoms with Crippen LogP contribution in [0.1, 0.15) is 11.1 Å². The van der Waals surface area contributed by atoms with Crippen LogP contribution in [0.15, 0.2) is 42.5 Å². The van der Waals surface area contributed by atoms with Crippen molar-refractivity contribution in [1.82, 2.24) is 5.32 Å². The van der Waals surface area contributed by atoms with Crippen molar-refractivity contribution in [2.24, 2.45) is 0 Å². The fourth-order valence-corrected chi connectivity index (χ4v) is 2.22. The zero-order valence-electron chi connectivity index (χ0n) is 13.6. The average Bonchev–Trinajstić information content (AvgIpc) is 2.60. The molecule has 1 N–H and O–H groups in total. The normalized spacial score (nSPS) is 10.0. The summed E-state index contributed by atoms with van der Waals surface area (Å²) in [6, 6.07) is 13.0. The smallest absolute Gasteiger partial charge is 0.224 e. The highest BCUT2D eigenvalue weighted by Crippen LogP contribution is 2.24. The van der Waals surface area contributed by atoms with Gasteiger partial charge in [-0.15, -0.1) is 0 Å². The van der Waals surface area contributed by atoms with E-state index in [1.165, 1.54) is 0 Å². The van der Waals surface area contributed by atoms with Crippen molar-refractivity contribution in [1.29, 1.82) is 0 Å². The second kappa shape index (κ2) is 8.08. The Morgan fingerprint density at radius 1 is 0.957 bits per heavy atom. The van der Waals surface area contributed by atoms with Crippen LogP contribution in [0.4, 0.5) is 0 Å². The van der Waals surface area contributed by atoms with Crippen molar-refractivity contribution < 1.29 is 19.0 Å². The van der Waals surface area contributed by atoms with Gasteiger partial charge in [0.05, 0.1) is 27.8 Å². The lowest BCUT2D eigenvalue weighted by molar-refractivity contribution is -0.120. The Kier molecular flexibility index (Phi) is 5.86. The Bertz CT molecular complexity index is 670. The van der Waals surface area contributed by atoms with Gasteiger partial charge in [-0.2, -0.15) is 0 Å². The Morgan fingerprint density at radius 2 is 1.70 bits per heavy atom. The molecule has 23 heavy (non-hydrogen) atoms. The van der Waals surface area contributed by atoms with Crippen LogP contribution in [0.5, 0.6) is 17.2 Å². The lowest BCUT2D eigenvalue weighted by Gasteiger charge is -2.11. The maximum Gasteiger partial charge on any atom is 0.224 e. The summed E-state index contributed by atoms with van der Waals surface area (Å²) in [6.07, 6.45) is 0.247. The molecule has 1 amide bonds. The highest BCUT2D eigenvalue weighted by atomic mass is 16.5. The van der Waals surface area contributed by atoms with E-state index in [4.69, 9.17) is 14.2 Å². The highest BCUT2D eigenvalue weighted by Gasteiger charge is 2.10. The molecule has 0 radical (unpaired) electrons. The van der Waals surface area contributed by atoms with E-state index >= 15 is 0 Å². The molecular formula is C18H21NO4. The number of methoxy groups -OCH3 is 3. The largest absolute Gasteiger partial charge is 0.497 e. The molecule has 5 heteroatoms. The monoisotopic (exact) mass is 315 g/mol. The Hall–Kier alpha value is -2.69. The predicted molar refractivity (Wildman–Crippen MR) is 88.1 cm³/mol. The molecule has 2 rings (SSSR count). The van der Waals surface area contributed by atoms with Gasteiger partial charge < -0.3 is 19.5 Å². The zero-order chi connectivity index (χ0) is 16.7. The maximum atomic E-state index is 12.1. The first-order valence-electron chi connectivity index (χ1n) is 7.26. The molecule has 0 atom stereocenters. The summed E-state index contributed by atoms with van der Waals surface area (Å²) in [5, 5.41) is 2.90. The summed E-state index contributed by atoms with van der Waals surface area (Å²) < 4.78 is 15.6. The van der Waals surface area contributed by atoms with Crippen LogP contribution in [0, 0.1) is 0 Å². The van der Waals surface area contributed by atoms with Crippen molar-refractivity contribution in [3.63, 3.8) is 0 Å². The van der Waals surface area contributed by atoms with Crippen LogP contribution >= 0.6 is 0 Å². The number of carbonyl (C=O) groups excluding carboxylic acids is 1. The van der Waals surface area contributed by atoms with Gasteiger partial charge in [0.2, 0.25) is 5.91 Å². The van der Waals surface area contributed by atoms with E-state index < -0.39 is 0 Å². The topological polar surface area (TPSA) is 56.8 Å². The lowest BCUT2D eigenvalue weighted by atomic mass is 10.1. The molecule has 0 aliphatic heterocycles. The molecular weight excluding hydrogens is 294 g/mol. The fraction of sp³-hybridized carbons (Fsp3) is 0.278. The molecule has 0 spiro atoms. The van der Waals surface area contributed by atoms with E-state index in [0.717, 1.165) is 16.9 Å². The molecule has 0 heterocycles. The SMILES string of the molecule is COc1cccc(CNC(=O)Cc2ccc(OC)cc2OC)c1. The number of carbonyl (C=O) groups is 1. The molecule has 0 aliphatic carbocycles. The lowest BCUT2D eigenvalue weighted by Crippen LogP contribution is -2.24. The molecule has 0 saturated heterocycles. The summed E-state index contributed by atoms with van der Waals surface area (Å²) in [4.78, 5) is 12.1. The molecule has 0 bridgehead atoms. The van der Waals surface area contributed by atoms with Crippen LogP contribution < -0.4 is 19.5 Å². The van der Waals surface area contributed by atoms with E-state index in [1.807, 2.05) is 36.4 Å². The summed E-state index contributed by atoms with van der Waals surface area (Å²) in [6.45, 7) is 0.453. The Morgan fingerprint density at radius 3 is 2.39 bits per heavy atom. The number of amides is 1. The molecule has 0 aliphatic rings. The van der Waals surface area contributed by atoms with Crippen molar-refractivity contribution >= 4 is 5.91 Å². The first kappa shape index (κ1) is 16.7. The van der Waals surface area contributed by atoms with Gasteiger partial charge in [-0.25, -0.2) is 0 Å². The van der Waals surface area contributed by atoms with E-state index in [2.05, 4.69) is 5.32 Å². The van der Waals surface area contributed by atoms with E-state index in [0.29, 0.717) is 18.0 Å². The maximum absolute atomic E-state index is 12.1. The molecule has 0 aromatic heterocycles. The van der Waals surface area contributed by atoms with Gasteiger partial charge >= 0.3 is 0 Å². The zero-order valence-corrected chi connectivity index (χ0v) is 13.6. The Labute approximate surface area is 136 Å². The second-order valence-electron chi connectivity index (χ2n) is 4.98. The quantitative estimate of drug-likeness (QED) is 0.853. The fourth-order valence-electron chi connectivity index (χ4n) is 2.22. The van der Waals surface area contributed by atoms with Gasteiger partial charge in [0.25, 0.3) is 0 Å². The van der Waals surface area contributed by atoms with Crippen molar-refractivity contribution in [3.8, 4) is 17.2 Å². The number of rotatable bonds is 7. The predicted octanol–water partition coefficient (Wildman–Crippen LogP) is 2.57. The van der Waals surface area contributed by atoms with Gasteiger partial charge in [0, 0.05) is 18.2 Å². The van der Waals surface area contributed by atoms with Crippen LogP contribution in [0.25, 0.3) is 0 Å². The van der Waals surface area contributed by atoms with Gasteiger partial charge in [0.1, 0.15) is 17.2 Å². The molecule has 5 nitrogen and oxygen atoms in total. The summed E-state index contributed by atoms with van der Waals surface area (Å²) >= 11 is 0. The van der Waals surface area contributed by atoms with E-state index in [9.17, 15) is 4.79 Å². The van der Waals surface area contributed by atoms with Crippen molar-refractivity contribution in [2.45, 2.75) is 13.0 Å². The third-order valence-electron chi connectivity index (χ3n) is 3.47. The number of ether oxygens (including phenoxy) is 3. The minimum Gasteiger partial charge on any atom is -0.497 e. The molecule has 0 unspecified atom stereocenters. The van der Waals surface area contributed by atoms with Crippen molar-refractivity contribution in [2.75, 3.05) is 21.3 Å². The summed E-state index contributed by atoms with van der Waals surface area (Å²) in [7, 11) is 4.79. The number of nitrogens with one attached hydrogen (secondary N) is 1. The average molecular weight is 315 g/mol.